The van der Waals surface area contributed by atoms with Crippen molar-refractivity contribution >= 4 is 23.6 Å². The topological polar surface area (TPSA) is 122 Å². The van der Waals surface area contributed by atoms with Gasteiger partial charge in [0.2, 0.25) is 11.8 Å². The third-order valence-corrected chi connectivity index (χ3v) is 8.38. The van der Waals surface area contributed by atoms with Crippen LogP contribution in [0.4, 0.5) is 0 Å². The Kier molecular flexibility index (Phi) is 4.21. The summed E-state index contributed by atoms with van der Waals surface area (Å²) in [7, 11) is 0. The average Bonchev–Trinajstić information content (AvgIpc) is 2.92. The zero-order valence-electron chi connectivity index (χ0n) is 18.0. The van der Waals surface area contributed by atoms with Crippen molar-refractivity contribution in [2.75, 3.05) is 0 Å². The molecule has 4 amide bonds. The van der Waals surface area contributed by atoms with E-state index in [1.165, 1.54) is 25.7 Å². The van der Waals surface area contributed by atoms with Crippen LogP contribution in [0.2, 0.25) is 0 Å². The molecule has 1 saturated heterocycles. The van der Waals surface area contributed by atoms with Crippen LogP contribution < -0.4 is 16.4 Å². The molecule has 4 N–H and O–H groups in total. The van der Waals surface area contributed by atoms with E-state index in [9.17, 15) is 19.2 Å². The maximum absolute atomic E-state index is 13.2. The number of carbonyl (C=O) groups is 4. The number of rotatable bonds is 4. The second-order valence-electron chi connectivity index (χ2n) is 10.8. The molecule has 2 aliphatic heterocycles. The van der Waals surface area contributed by atoms with Crippen molar-refractivity contribution in [3.8, 4) is 0 Å². The van der Waals surface area contributed by atoms with Gasteiger partial charge in [0, 0.05) is 25.0 Å². The van der Waals surface area contributed by atoms with E-state index in [2.05, 4.69) is 10.6 Å². The van der Waals surface area contributed by atoms with Crippen LogP contribution >= 0.6 is 0 Å². The molecule has 8 nitrogen and oxygen atoms in total. The first-order valence-electron chi connectivity index (χ1n) is 11.6. The van der Waals surface area contributed by atoms with Crippen LogP contribution in [-0.2, 0) is 16.1 Å². The van der Waals surface area contributed by atoms with E-state index in [-0.39, 0.29) is 18.7 Å². The molecule has 168 valence electrons. The first-order valence-corrected chi connectivity index (χ1v) is 11.6. The number of amides is 4. The number of fused-ring (bicyclic) bond motifs is 1. The predicted molar refractivity (Wildman–Crippen MR) is 114 cm³/mol. The minimum absolute atomic E-state index is 0.120. The van der Waals surface area contributed by atoms with Gasteiger partial charge in [0.25, 0.3) is 11.8 Å². The van der Waals surface area contributed by atoms with Crippen LogP contribution in [0.5, 0.6) is 0 Å². The lowest BCUT2D eigenvalue weighted by molar-refractivity contribution is -0.157. The summed E-state index contributed by atoms with van der Waals surface area (Å²) in [5.74, 6) is -1.85. The van der Waals surface area contributed by atoms with E-state index >= 15 is 0 Å². The zero-order chi connectivity index (χ0) is 22.3. The van der Waals surface area contributed by atoms with Gasteiger partial charge >= 0.3 is 0 Å². The molecule has 2 spiro atoms. The summed E-state index contributed by atoms with van der Waals surface area (Å²) >= 11 is 0. The number of hydrogen-bond donors (Lipinski definition) is 3. The van der Waals surface area contributed by atoms with Crippen molar-refractivity contribution in [3.63, 3.8) is 0 Å². The quantitative estimate of drug-likeness (QED) is 0.611. The number of imide groups is 2. The summed E-state index contributed by atoms with van der Waals surface area (Å²) in [4.78, 5) is 50.9. The van der Waals surface area contributed by atoms with E-state index in [4.69, 9.17) is 5.73 Å². The van der Waals surface area contributed by atoms with E-state index in [0.717, 1.165) is 23.3 Å². The van der Waals surface area contributed by atoms with Crippen molar-refractivity contribution in [2.45, 2.75) is 76.0 Å². The van der Waals surface area contributed by atoms with Gasteiger partial charge in [-0.15, -0.1) is 0 Å². The summed E-state index contributed by atoms with van der Waals surface area (Å²) in [6, 6.07) is 5.19. The monoisotopic (exact) mass is 436 g/mol. The van der Waals surface area contributed by atoms with Gasteiger partial charge in [-0.3, -0.25) is 29.4 Å². The lowest BCUT2D eigenvalue weighted by atomic mass is 9.38. The largest absolute Gasteiger partial charge is 0.328 e. The standard InChI is InChI=1S/C24H28N4O4/c25-14-6-23(7-14)11-24(12-23)8-15(9-24)26-10-13-2-1-3-16-19(13)22(32)28(21(16)31)17-4-5-18(29)27-20(17)30/h1-3,14-15,17,26H,4-12,25H2,(H,27,29,30). The lowest BCUT2D eigenvalue weighted by Crippen LogP contribution is -2.64. The number of benzene rings is 1. The number of piperidine rings is 1. The molecule has 1 atom stereocenters. The number of nitrogens with one attached hydrogen (secondary N) is 2. The van der Waals surface area contributed by atoms with Crippen molar-refractivity contribution in [3.05, 3.63) is 34.9 Å². The highest BCUT2D eigenvalue weighted by Crippen LogP contribution is 2.70. The summed E-state index contributed by atoms with van der Waals surface area (Å²) in [5.41, 5.74) is 8.52. The van der Waals surface area contributed by atoms with E-state index in [0.29, 0.717) is 40.6 Å². The van der Waals surface area contributed by atoms with Gasteiger partial charge in [-0.1, -0.05) is 12.1 Å². The van der Waals surface area contributed by atoms with E-state index < -0.39 is 23.8 Å². The maximum atomic E-state index is 13.2. The van der Waals surface area contributed by atoms with E-state index in [1.807, 2.05) is 6.07 Å². The highest BCUT2D eigenvalue weighted by Gasteiger charge is 2.63. The van der Waals surface area contributed by atoms with Gasteiger partial charge in [-0.25, -0.2) is 0 Å². The SMILES string of the molecule is NC1CC2(C1)CC1(CC(NCc3cccc4c3C(=O)N(C3CCC(=O)NC3=O)C4=O)C1)C2. The minimum atomic E-state index is -0.932. The van der Waals surface area contributed by atoms with Crippen LogP contribution in [-0.4, -0.2) is 46.7 Å². The molecule has 0 aromatic heterocycles. The molecule has 4 fully saturated rings. The van der Waals surface area contributed by atoms with Gasteiger partial charge in [0.15, 0.2) is 0 Å². The Balaban J connectivity index is 1.11. The Hall–Kier alpha value is -2.58. The molecule has 3 saturated carbocycles. The molecule has 2 heterocycles. The van der Waals surface area contributed by atoms with Crippen LogP contribution in [0, 0.1) is 10.8 Å². The van der Waals surface area contributed by atoms with Crippen molar-refractivity contribution in [2.24, 2.45) is 16.6 Å². The smallest absolute Gasteiger partial charge is 0.262 e. The first kappa shape index (κ1) is 20.1. The second kappa shape index (κ2) is 6.71. The highest BCUT2D eigenvalue weighted by atomic mass is 16.2. The van der Waals surface area contributed by atoms with Gasteiger partial charge in [0.1, 0.15) is 6.04 Å². The third-order valence-electron chi connectivity index (χ3n) is 8.38. The zero-order valence-corrected chi connectivity index (χ0v) is 18.0. The summed E-state index contributed by atoms with van der Waals surface area (Å²) in [6.07, 6.45) is 7.59. The van der Waals surface area contributed by atoms with Crippen LogP contribution in [0.15, 0.2) is 18.2 Å². The highest BCUT2D eigenvalue weighted by molar-refractivity contribution is 6.24. The normalized spacial score (nSPS) is 37.8. The number of nitrogens with zero attached hydrogens (tertiary/aromatic N) is 1. The third kappa shape index (κ3) is 2.89. The molecule has 5 aliphatic rings. The number of hydrogen-bond acceptors (Lipinski definition) is 6. The number of nitrogens with two attached hydrogens (primary N) is 1. The summed E-state index contributed by atoms with van der Waals surface area (Å²) in [6.45, 7) is 0.516. The van der Waals surface area contributed by atoms with Crippen LogP contribution in [0.25, 0.3) is 0 Å². The van der Waals surface area contributed by atoms with Crippen molar-refractivity contribution < 1.29 is 19.2 Å². The fraction of sp³-hybridized carbons (Fsp3) is 0.583. The van der Waals surface area contributed by atoms with Crippen molar-refractivity contribution in [1.82, 2.24) is 15.5 Å². The fourth-order valence-electron chi connectivity index (χ4n) is 7.29. The summed E-state index contributed by atoms with van der Waals surface area (Å²) in [5, 5.41) is 5.81. The molecule has 1 unspecified atom stereocenters. The maximum Gasteiger partial charge on any atom is 0.262 e. The Morgan fingerprint density at radius 1 is 1.03 bits per heavy atom. The van der Waals surface area contributed by atoms with Crippen LogP contribution in [0.1, 0.15) is 77.6 Å². The van der Waals surface area contributed by atoms with Gasteiger partial charge in [0.05, 0.1) is 11.1 Å². The molecule has 0 bridgehead atoms. The minimum Gasteiger partial charge on any atom is -0.328 e. The first-order chi connectivity index (χ1) is 15.3. The Morgan fingerprint density at radius 2 is 1.75 bits per heavy atom. The van der Waals surface area contributed by atoms with Crippen LogP contribution in [0.3, 0.4) is 0 Å². The fourth-order valence-corrected chi connectivity index (χ4v) is 7.29. The van der Waals surface area contributed by atoms with Gasteiger partial charge in [-0.2, -0.15) is 0 Å². The second-order valence-corrected chi connectivity index (χ2v) is 10.8. The van der Waals surface area contributed by atoms with E-state index in [1.54, 1.807) is 12.1 Å². The molecule has 1 aromatic rings. The molecule has 1 aromatic carbocycles. The Morgan fingerprint density at radius 3 is 2.44 bits per heavy atom. The average molecular weight is 437 g/mol. The van der Waals surface area contributed by atoms with Crippen molar-refractivity contribution in [1.29, 1.82) is 0 Å². The Labute approximate surface area is 186 Å². The summed E-state index contributed by atoms with van der Waals surface area (Å²) < 4.78 is 0. The molecular formula is C24H28N4O4. The number of carbonyl (C=O) groups excluding carboxylic acids is 4. The predicted octanol–water partition coefficient (Wildman–Crippen LogP) is 1.23. The molecule has 6 rings (SSSR count). The molecular weight excluding hydrogens is 408 g/mol. The van der Waals surface area contributed by atoms with Gasteiger partial charge < -0.3 is 11.1 Å². The molecule has 3 aliphatic carbocycles. The molecule has 8 heteroatoms. The lowest BCUT2D eigenvalue weighted by Gasteiger charge is -2.68. The van der Waals surface area contributed by atoms with Gasteiger partial charge in [-0.05, 0) is 67.4 Å². The molecule has 0 radical (unpaired) electrons. The Bertz CT molecular complexity index is 1040. The molecule has 32 heavy (non-hydrogen) atoms.